The van der Waals surface area contributed by atoms with E-state index in [0.29, 0.717) is 11.6 Å². The zero-order valence-corrected chi connectivity index (χ0v) is 12.0. The molecule has 6 heteroatoms. The van der Waals surface area contributed by atoms with Gasteiger partial charge < -0.3 is 15.1 Å². The first-order chi connectivity index (χ1) is 9.78. The number of aliphatic imine (C=N–C) groups is 1. The molecule has 0 bridgehead atoms. The Morgan fingerprint density at radius 2 is 2.25 bits per heavy atom. The van der Waals surface area contributed by atoms with Crippen molar-refractivity contribution < 1.29 is 4.42 Å². The summed E-state index contributed by atoms with van der Waals surface area (Å²) in [7, 11) is 1.73. The number of nitrogens with one attached hydrogen (secondary N) is 2. The number of hydrogen-bond donors (Lipinski definition) is 2. The minimum Gasteiger partial charge on any atom is -0.469 e. The van der Waals surface area contributed by atoms with Gasteiger partial charge in [-0.15, -0.1) is 0 Å². The highest BCUT2D eigenvalue weighted by atomic mass is 35.5. The van der Waals surface area contributed by atoms with Crippen molar-refractivity contribution in [2.75, 3.05) is 13.6 Å². The zero-order chi connectivity index (χ0) is 14.2. The lowest BCUT2D eigenvalue weighted by molar-refractivity contribution is 0.506. The van der Waals surface area contributed by atoms with Crippen LogP contribution in [-0.2, 0) is 13.0 Å². The molecule has 5 nitrogen and oxygen atoms in total. The van der Waals surface area contributed by atoms with Crippen LogP contribution in [0.1, 0.15) is 11.5 Å². The molecule has 20 heavy (non-hydrogen) atoms. The summed E-state index contributed by atoms with van der Waals surface area (Å²) in [5, 5.41) is 7.04. The number of furan rings is 1. The number of halogens is 1. The molecule has 0 radical (unpaired) electrons. The molecule has 2 heterocycles. The van der Waals surface area contributed by atoms with Crippen molar-refractivity contribution in [3.8, 4) is 0 Å². The van der Waals surface area contributed by atoms with E-state index < -0.39 is 0 Å². The highest BCUT2D eigenvalue weighted by molar-refractivity contribution is 6.30. The van der Waals surface area contributed by atoms with Gasteiger partial charge in [0.2, 0.25) is 0 Å². The molecule has 0 aliphatic heterocycles. The first-order valence-corrected chi connectivity index (χ1v) is 6.73. The third-order valence-corrected chi connectivity index (χ3v) is 2.92. The van der Waals surface area contributed by atoms with Crippen LogP contribution in [0.4, 0.5) is 0 Å². The summed E-state index contributed by atoms with van der Waals surface area (Å²) in [6, 6.07) is 7.54. The van der Waals surface area contributed by atoms with E-state index in [9.17, 15) is 0 Å². The van der Waals surface area contributed by atoms with E-state index >= 15 is 0 Å². The lowest BCUT2D eigenvalue weighted by Gasteiger charge is -2.11. The first-order valence-electron chi connectivity index (χ1n) is 6.35. The molecule has 0 saturated heterocycles. The minimum absolute atomic E-state index is 0.595. The zero-order valence-electron chi connectivity index (χ0n) is 11.3. The summed E-state index contributed by atoms with van der Waals surface area (Å²) in [5.41, 5.74) is 0.906. The number of nitrogens with zero attached hydrogens (tertiary/aromatic N) is 2. The van der Waals surface area contributed by atoms with E-state index in [1.54, 1.807) is 19.5 Å². The number of rotatable bonds is 5. The van der Waals surface area contributed by atoms with E-state index in [-0.39, 0.29) is 0 Å². The molecular formula is C14H17ClN4O. The molecule has 0 spiro atoms. The fourth-order valence-corrected chi connectivity index (χ4v) is 1.78. The summed E-state index contributed by atoms with van der Waals surface area (Å²) in [6.45, 7) is 1.35. The summed E-state index contributed by atoms with van der Waals surface area (Å²) in [5.74, 6) is 1.68. The van der Waals surface area contributed by atoms with Gasteiger partial charge >= 0.3 is 0 Å². The molecule has 0 amide bonds. The normalized spacial score (nSPS) is 11.4. The first kappa shape index (κ1) is 14.4. The molecule has 2 N–H and O–H groups in total. The predicted octanol–water partition coefficient (Wildman–Crippen LogP) is 2.24. The Hall–Kier alpha value is -2.01. The Labute approximate surface area is 123 Å². The summed E-state index contributed by atoms with van der Waals surface area (Å²) < 4.78 is 5.27. The molecule has 0 aromatic carbocycles. The van der Waals surface area contributed by atoms with Crippen molar-refractivity contribution in [2.45, 2.75) is 13.0 Å². The second-order valence-electron chi connectivity index (χ2n) is 4.15. The van der Waals surface area contributed by atoms with Gasteiger partial charge in [-0.2, -0.15) is 0 Å². The molecule has 0 unspecified atom stereocenters. The van der Waals surface area contributed by atoms with Gasteiger partial charge in [-0.05, 0) is 24.3 Å². The smallest absolute Gasteiger partial charge is 0.191 e. The molecule has 0 saturated carbocycles. The number of pyridine rings is 1. The maximum atomic E-state index is 5.79. The molecule has 0 aliphatic carbocycles. The summed E-state index contributed by atoms with van der Waals surface area (Å²) >= 11 is 5.79. The van der Waals surface area contributed by atoms with Crippen LogP contribution in [0.3, 0.4) is 0 Å². The molecule has 0 aliphatic rings. The van der Waals surface area contributed by atoms with E-state index in [1.165, 1.54) is 0 Å². The van der Waals surface area contributed by atoms with Gasteiger partial charge in [0.25, 0.3) is 0 Å². The minimum atomic E-state index is 0.595. The molecule has 0 atom stereocenters. The fourth-order valence-electron chi connectivity index (χ4n) is 1.66. The summed E-state index contributed by atoms with van der Waals surface area (Å²) in [4.78, 5) is 8.36. The van der Waals surface area contributed by atoms with Gasteiger partial charge in [0.1, 0.15) is 5.76 Å². The van der Waals surface area contributed by atoms with Crippen molar-refractivity contribution >= 4 is 17.6 Å². The Kier molecular flexibility index (Phi) is 5.43. The Bertz CT molecular complexity index is 537. The van der Waals surface area contributed by atoms with Crippen LogP contribution < -0.4 is 10.6 Å². The van der Waals surface area contributed by atoms with Crippen LogP contribution in [0.2, 0.25) is 5.02 Å². The van der Waals surface area contributed by atoms with Gasteiger partial charge in [-0.25, -0.2) is 0 Å². The van der Waals surface area contributed by atoms with Crippen molar-refractivity contribution in [3.63, 3.8) is 0 Å². The highest BCUT2D eigenvalue weighted by Crippen LogP contribution is 2.05. The van der Waals surface area contributed by atoms with Crippen LogP contribution in [0.5, 0.6) is 0 Å². The fraction of sp³-hybridized carbons (Fsp3) is 0.286. The predicted molar refractivity (Wildman–Crippen MR) is 79.9 cm³/mol. The molecule has 0 fully saturated rings. The largest absolute Gasteiger partial charge is 0.469 e. The lowest BCUT2D eigenvalue weighted by Crippen LogP contribution is -2.38. The maximum absolute atomic E-state index is 5.79. The monoisotopic (exact) mass is 292 g/mol. The number of hydrogen-bond acceptors (Lipinski definition) is 3. The van der Waals surface area contributed by atoms with Crippen LogP contribution >= 0.6 is 11.6 Å². The summed E-state index contributed by atoms with van der Waals surface area (Å²) in [6.07, 6.45) is 4.12. The SMILES string of the molecule is CN=C(NCCc1ccco1)NCc1ccc(Cl)cn1. The second kappa shape index (κ2) is 7.55. The van der Waals surface area contributed by atoms with Crippen molar-refractivity contribution in [2.24, 2.45) is 4.99 Å². The van der Waals surface area contributed by atoms with Crippen LogP contribution in [0.25, 0.3) is 0 Å². The second-order valence-corrected chi connectivity index (χ2v) is 4.59. The van der Waals surface area contributed by atoms with Crippen LogP contribution in [0.15, 0.2) is 46.1 Å². The van der Waals surface area contributed by atoms with Gasteiger partial charge in [0.15, 0.2) is 5.96 Å². The average molecular weight is 293 g/mol. The maximum Gasteiger partial charge on any atom is 0.191 e. The quantitative estimate of drug-likeness (QED) is 0.655. The number of aromatic nitrogens is 1. The van der Waals surface area contributed by atoms with E-state index in [4.69, 9.17) is 16.0 Å². The molecule has 2 aromatic heterocycles. The van der Waals surface area contributed by atoms with E-state index in [0.717, 1.165) is 30.4 Å². The van der Waals surface area contributed by atoms with Gasteiger partial charge in [0, 0.05) is 26.2 Å². The standard InChI is InChI=1S/C14H17ClN4O/c1-16-14(17-7-6-13-3-2-8-20-13)19-10-12-5-4-11(15)9-18-12/h2-5,8-9H,6-7,10H2,1H3,(H2,16,17,19). The van der Waals surface area contributed by atoms with Crippen LogP contribution in [0, 0.1) is 0 Å². The van der Waals surface area contributed by atoms with E-state index in [1.807, 2.05) is 24.3 Å². The Morgan fingerprint density at radius 3 is 2.90 bits per heavy atom. The van der Waals surface area contributed by atoms with Gasteiger partial charge in [0.05, 0.1) is 23.5 Å². The van der Waals surface area contributed by atoms with Gasteiger partial charge in [-0.1, -0.05) is 11.6 Å². The van der Waals surface area contributed by atoms with Crippen molar-refractivity contribution in [3.05, 3.63) is 53.2 Å². The number of guanidine groups is 1. The molecular weight excluding hydrogens is 276 g/mol. The lowest BCUT2D eigenvalue weighted by atomic mass is 10.3. The molecule has 2 aromatic rings. The third kappa shape index (κ3) is 4.59. The van der Waals surface area contributed by atoms with E-state index in [2.05, 4.69) is 20.6 Å². The average Bonchev–Trinajstić information content (AvgIpc) is 2.97. The highest BCUT2D eigenvalue weighted by Gasteiger charge is 2.00. The van der Waals surface area contributed by atoms with Crippen molar-refractivity contribution in [1.82, 2.24) is 15.6 Å². The third-order valence-electron chi connectivity index (χ3n) is 2.69. The Morgan fingerprint density at radius 1 is 1.35 bits per heavy atom. The topological polar surface area (TPSA) is 62.5 Å². The van der Waals surface area contributed by atoms with Crippen molar-refractivity contribution in [1.29, 1.82) is 0 Å². The molecule has 106 valence electrons. The Balaban J connectivity index is 1.73. The van der Waals surface area contributed by atoms with Gasteiger partial charge in [-0.3, -0.25) is 9.98 Å². The van der Waals surface area contributed by atoms with Crippen LogP contribution in [-0.4, -0.2) is 24.5 Å². The molecule has 2 rings (SSSR count).